The normalized spacial score (nSPS) is 20.5. The first-order chi connectivity index (χ1) is 11.1. The lowest BCUT2D eigenvalue weighted by Gasteiger charge is -2.39. The highest BCUT2D eigenvalue weighted by Crippen LogP contribution is 2.26. The summed E-state index contributed by atoms with van der Waals surface area (Å²) in [6.07, 6.45) is 0. The van der Waals surface area contributed by atoms with Crippen molar-refractivity contribution in [2.75, 3.05) is 26.7 Å². The molecule has 122 valence electrons. The Morgan fingerprint density at radius 2 is 1.57 bits per heavy atom. The monoisotopic (exact) mass is 330 g/mol. The Morgan fingerprint density at radius 1 is 0.957 bits per heavy atom. The van der Waals surface area contributed by atoms with Crippen molar-refractivity contribution >= 4 is 10.0 Å². The molecule has 1 unspecified atom stereocenters. The largest absolute Gasteiger partial charge is 0.297 e. The zero-order valence-electron chi connectivity index (χ0n) is 13.3. The first-order valence-corrected chi connectivity index (χ1v) is 9.44. The van der Waals surface area contributed by atoms with Gasteiger partial charge in [0, 0.05) is 25.7 Å². The van der Waals surface area contributed by atoms with Crippen LogP contribution in [0.3, 0.4) is 0 Å². The minimum atomic E-state index is -3.29. The van der Waals surface area contributed by atoms with Crippen LogP contribution in [-0.4, -0.2) is 44.3 Å². The number of hydrogen-bond donors (Lipinski definition) is 0. The van der Waals surface area contributed by atoms with E-state index in [9.17, 15) is 8.42 Å². The summed E-state index contributed by atoms with van der Waals surface area (Å²) >= 11 is 0. The molecule has 5 heteroatoms. The van der Waals surface area contributed by atoms with Gasteiger partial charge >= 0.3 is 0 Å². The van der Waals surface area contributed by atoms with Crippen molar-refractivity contribution in [3.8, 4) is 0 Å². The summed E-state index contributed by atoms with van der Waals surface area (Å²) in [5, 5.41) is 0. The maximum Gasteiger partial charge on any atom is 0.218 e. The fourth-order valence-corrected chi connectivity index (χ4v) is 4.54. The van der Waals surface area contributed by atoms with Crippen molar-refractivity contribution in [2.45, 2.75) is 11.8 Å². The number of rotatable bonds is 4. The summed E-state index contributed by atoms with van der Waals surface area (Å²) in [5.74, 6) is 0.0685. The summed E-state index contributed by atoms with van der Waals surface area (Å²) in [5.41, 5.74) is 2.00. The molecule has 0 N–H and O–H groups in total. The smallest absolute Gasteiger partial charge is 0.218 e. The van der Waals surface area contributed by atoms with E-state index in [1.165, 1.54) is 0 Å². The lowest BCUT2D eigenvalue weighted by molar-refractivity contribution is 0.148. The second kappa shape index (κ2) is 6.83. The Bertz CT molecular complexity index is 732. The summed E-state index contributed by atoms with van der Waals surface area (Å²) in [6, 6.07) is 19.6. The van der Waals surface area contributed by atoms with Gasteiger partial charge in [-0.15, -0.1) is 0 Å². The summed E-state index contributed by atoms with van der Waals surface area (Å²) in [6.45, 7) is 1.80. The fraction of sp³-hybridized carbons (Fsp3) is 0.333. The number of nitrogens with zero attached hydrogens (tertiary/aromatic N) is 2. The molecule has 0 aliphatic carbocycles. The van der Waals surface area contributed by atoms with Crippen LogP contribution in [0.4, 0.5) is 0 Å². The van der Waals surface area contributed by atoms with Gasteiger partial charge in [-0.25, -0.2) is 8.42 Å². The zero-order valence-corrected chi connectivity index (χ0v) is 14.1. The second-order valence-corrected chi connectivity index (χ2v) is 7.98. The summed E-state index contributed by atoms with van der Waals surface area (Å²) < 4.78 is 27.1. The summed E-state index contributed by atoms with van der Waals surface area (Å²) in [7, 11) is -1.24. The first kappa shape index (κ1) is 16.2. The van der Waals surface area contributed by atoms with Crippen molar-refractivity contribution in [3.05, 3.63) is 71.8 Å². The zero-order chi connectivity index (χ0) is 16.3. The second-order valence-electron chi connectivity index (χ2n) is 6.01. The standard InChI is InChI=1S/C18H22N2O2S/c1-19-12-13-20(14-18(19)17-10-6-3-7-11-17)23(21,22)15-16-8-4-2-5-9-16/h2-11,18H,12-15H2,1H3. The third-order valence-corrected chi connectivity index (χ3v) is 6.20. The topological polar surface area (TPSA) is 40.6 Å². The Morgan fingerprint density at radius 3 is 2.22 bits per heavy atom. The van der Waals surface area contributed by atoms with E-state index in [2.05, 4.69) is 24.1 Å². The number of sulfonamides is 1. The van der Waals surface area contributed by atoms with Gasteiger partial charge in [0.15, 0.2) is 0 Å². The number of likely N-dealkylation sites (N-methyl/N-ethyl adjacent to an activating group) is 1. The maximum absolute atomic E-state index is 12.7. The fourth-order valence-electron chi connectivity index (χ4n) is 3.01. The molecule has 0 aromatic heterocycles. The van der Waals surface area contributed by atoms with E-state index in [0.29, 0.717) is 13.1 Å². The lowest BCUT2D eigenvalue weighted by Crippen LogP contribution is -2.49. The van der Waals surface area contributed by atoms with E-state index >= 15 is 0 Å². The van der Waals surface area contributed by atoms with Crippen LogP contribution >= 0.6 is 0 Å². The molecule has 0 bridgehead atoms. The Labute approximate surface area is 138 Å². The van der Waals surface area contributed by atoms with Gasteiger partial charge in [-0.3, -0.25) is 4.90 Å². The average molecular weight is 330 g/mol. The molecule has 0 amide bonds. The molecule has 0 radical (unpaired) electrons. The van der Waals surface area contributed by atoms with Gasteiger partial charge in [-0.2, -0.15) is 4.31 Å². The third kappa shape index (κ3) is 3.80. The molecule has 1 atom stereocenters. The molecular formula is C18H22N2O2S. The van der Waals surface area contributed by atoms with E-state index in [-0.39, 0.29) is 11.8 Å². The first-order valence-electron chi connectivity index (χ1n) is 7.83. The van der Waals surface area contributed by atoms with Gasteiger partial charge in [0.1, 0.15) is 0 Å². The third-order valence-electron chi connectivity index (χ3n) is 4.38. The molecule has 0 saturated carbocycles. The van der Waals surface area contributed by atoms with Crippen molar-refractivity contribution in [1.82, 2.24) is 9.21 Å². The molecule has 3 rings (SSSR count). The number of benzene rings is 2. The van der Waals surface area contributed by atoms with Crippen LogP contribution in [0.25, 0.3) is 0 Å². The van der Waals surface area contributed by atoms with Crippen molar-refractivity contribution in [3.63, 3.8) is 0 Å². The van der Waals surface area contributed by atoms with Gasteiger partial charge in [-0.1, -0.05) is 60.7 Å². The maximum atomic E-state index is 12.7. The highest BCUT2D eigenvalue weighted by atomic mass is 32.2. The predicted molar refractivity (Wildman–Crippen MR) is 92.5 cm³/mol. The molecule has 1 fully saturated rings. The molecule has 2 aromatic rings. The molecule has 0 spiro atoms. The van der Waals surface area contributed by atoms with Gasteiger partial charge in [-0.05, 0) is 18.2 Å². The molecule has 23 heavy (non-hydrogen) atoms. The lowest BCUT2D eigenvalue weighted by atomic mass is 10.0. The average Bonchev–Trinajstić information content (AvgIpc) is 2.56. The van der Waals surface area contributed by atoms with Crippen molar-refractivity contribution in [2.24, 2.45) is 0 Å². The van der Waals surface area contributed by atoms with Gasteiger partial charge < -0.3 is 0 Å². The minimum Gasteiger partial charge on any atom is -0.297 e. The molecule has 4 nitrogen and oxygen atoms in total. The van der Waals surface area contributed by atoms with Crippen LogP contribution in [0, 0.1) is 0 Å². The molecule has 1 aliphatic rings. The van der Waals surface area contributed by atoms with Gasteiger partial charge in [0.2, 0.25) is 10.0 Å². The molecule has 1 saturated heterocycles. The van der Waals surface area contributed by atoms with E-state index in [1.54, 1.807) is 4.31 Å². The van der Waals surface area contributed by atoms with Gasteiger partial charge in [0.25, 0.3) is 0 Å². The summed E-state index contributed by atoms with van der Waals surface area (Å²) in [4.78, 5) is 2.23. The highest BCUT2D eigenvalue weighted by molar-refractivity contribution is 7.88. The number of piperazine rings is 1. The Balaban J connectivity index is 1.78. The molecule has 1 heterocycles. The van der Waals surface area contributed by atoms with Crippen molar-refractivity contribution < 1.29 is 8.42 Å². The van der Waals surface area contributed by atoms with E-state index in [0.717, 1.165) is 17.7 Å². The predicted octanol–water partition coefficient (Wildman–Crippen LogP) is 2.51. The van der Waals surface area contributed by atoms with Crippen LogP contribution in [0.5, 0.6) is 0 Å². The molecular weight excluding hydrogens is 308 g/mol. The van der Waals surface area contributed by atoms with E-state index in [4.69, 9.17) is 0 Å². The Kier molecular flexibility index (Phi) is 4.80. The van der Waals surface area contributed by atoms with Crippen LogP contribution in [0.1, 0.15) is 17.2 Å². The van der Waals surface area contributed by atoms with Crippen molar-refractivity contribution in [1.29, 1.82) is 0 Å². The van der Waals surface area contributed by atoms with Crippen LogP contribution in [0.2, 0.25) is 0 Å². The van der Waals surface area contributed by atoms with Crippen LogP contribution in [0.15, 0.2) is 60.7 Å². The highest BCUT2D eigenvalue weighted by Gasteiger charge is 2.32. The van der Waals surface area contributed by atoms with Gasteiger partial charge in [0.05, 0.1) is 5.75 Å². The number of hydrogen-bond acceptors (Lipinski definition) is 3. The van der Waals surface area contributed by atoms with Crippen LogP contribution in [-0.2, 0) is 15.8 Å². The minimum absolute atomic E-state index is 0.0685. The quantitative estimate of drug-likeness (QED) is 0.865. The Hall–Kier alpha value is -1.69. The van der Waals surface area contributed by atoms with E-state index < -0.39 is 10.0 Å². The molecule has 2 aromatic carbocycles. The van der Waals surface area contributed by atoms with Crippen LogP contribution < -0.4 is 0 Å². The molecule has 1 aliphatic heterocycles. The SMILES string of the molecule is CN1CCN(S(=O)(=O)Cc2ccccc2)CC1c1ccccc1. The van der Waals surface area contributed by atoms with E-state index in [1.807, 2.05) is 48.5 Å².